The van der Waals surface area contributed by atoms with Gasteiger partial charge in [0, 0.05) is 13.2 Å². The van der Waals surface area contributed by atoms with E-state index in [0.717, 1.165) is 0 Å². The molecular weight excluding hydrogens is 257 g/mol. The standard InChI is InChI=1S/C10H8F5N3/c1-5-17-7-3-6(4-16-8(7)18(5)2)9(11,12)10(13,14)15/h3-4H,1-2H3. The van der Waals surface area contributed by atoms with Gasteiger partial charge in [0.05, 0.1) is 5.56 Å². The highest BCUT2D eigenvalue weighted by Crippen LogP contribution is 2.43. The fourth-order valence-corrected chi connectivity index (χ4v) is 1.52. The number of aryl methyl sites for hydroxylation is 2. The molecule has 0 saturated carbocycles. The van der Waals surface area contributed by atoms with Crippen molar-refractivity contribution in [3.63, 3.8) is 0 Å². The topological polar surface area (TPSA) is 30.7 Å². The van der Waals surface area contributed by atoms with E-state index in [2.05, 4.69) is 9.97 Å². The van der Waals surface area contributed by atoms with Gasteiger partial charge in [0.1, 0.15) is 11.3 Å². The predicted molar refractivity (Wildman–Crippen MR) is 53.2 cm³/mol. The van der Waals surface area contributed by atoms with Gasteiger partial charge >= 0.3 is 12.1 Å². The van der Waals surface area contributed by atoms with Gasteiger partial charge in [0.25, 0.3) is 0 Å². The Hall–Kier alpha value is -1.73. The number of alkyl halides is 5. The molecule has 0 aliphatic rings. The van der Waals surface area contributed by atoms with Crippen LogP contribution in [0, 0.1) is 6.92 Å². The van der Waals surface area contributed by atoms with Gasteiger partial charge in [-0.1, -0.05) is 0 Å². The molecule has 98 valence electrons. The largest absolute Gasteiger partial charge is 0.458 e. The van der Waals surface area contributed by atoms with E-state index in [0.29, 0.717) is 18.1 Å². The van der Waals surface area contributed by atoms with E-state index < -0.39 is 17.7 Å². The van der Waals surface area contributed by atoms with Gasteiger partial charge in [-0.2, -0.15) is 22.0 Å². The molecule has 0 aliphatic carbocycles. The van der Waals surface area contributed by atoms with Gasteiger partial charge in [-0.25, -0.2) is 9.97 Å². The Labute approximate surface area is 98.3 Å². The Morgan fingerprint density at radius 1 is 1.17 bits per heavy atom. The summed E-state index contributed by atoms with van der Waals surface area (Å²) in [6, 6.07) is 0.711. The zero-order valence-electron chi connectivity index (χ0n) is 9.39. The predicted octanol–water partition coefficient (Wildman–Crippen LogP) is 2.93. The first kappa shape index (κ1) is 12.7. The van der Waals surface area contributed by atoms with Crippen molar-refractivity contribution in [2.24, 2.45) is 7.05 Å². The zero-order chi connectivity index (χ0) is 13.7. The van der Waals surface area contributed by atoms with Gasteiger partial charge in [-0.05, 0) is 13.0 Å². The van der Waals surface area contributed by atoms with Crippen LogP contribution in [0.3, 0.4) is 0 Å². The lowest BCUT2D eigenvalue weighted by Crippen LogP contribution is -2.33. The van der Waals surface area contributed by atoms with Crippen LogP contribution in [0.1, 0.15) is 11.4 Å². The fourth-order valence-electron chi connectivity index (χ4n) is 1.52. The first-order valence-electron chi connectivity index (χ1n) is 4.88. The second kappa shape index (κ2) is 3.63. The van der Waals surface area contributed by atoms with Crippen LogP contribution < -0.4 is 0 Å². The average molecular weight is 265 g/mol. The third kappa shape index (κ3) is 1.72. The second-order valence-corrected chi connectivity index (χ2v) is 3.86. The summed E-state index contributed by atoms with van der Waals surface area (Å²) in [4.78, 5) is 7.47. The highest BCUT2D eigenvalue weighted by atomic mass is 19.4. The van der Waals surface area contributed by atoms with Crippen molar-refractivity contribution in [3.8, 4) is 0 Å². The van der Waals surface area contributed by atoms with Crippen LogP contribution >= 0.6 is 0 Å². The number of nitrogens with zero attached hydrogens (tertiary/aromatic N) is 3. The minimum Gasteiger partial charge on any atom is -0.316 e. The number of aromatic nitrogens is 3. The lowest BCUT2D eigenvalue weighted by atomic mass is 10.1. The summed E-state index contributed by atoms with van der Waals surface area (Å²) in [6.45, 7) is 1.60. The Morgan fingerprint density at radius 2 is 1.78 bits per heavy atom. The maximum Gasteiger partial charge on any atom is 0.458 e. The van der Waals surface area contributed by atoms with E-state index in [1.54, 1.807) is 14.0 Å². The maximum absolute atomic E-state index is 13.1. The molecule has 0 aromatic carbocycles. The molecule has 0 N–H and O–H groups in total. The van der Waals surface area contributed by atoms with E-state index in [-0.39, 0.29) is 11.2 Å². The van der Waals surface area contributed by atoms with Crippen LogP contribution in [-0.4, -0.2) is 20.7 Å². The third-order valence-electron chi connectivity index (χ3n) is 2.65. The van der Waals surface area contributed by atoms with Crippen LogP contribution in [0.5, 0.6) is 0 Å². The van der Waals surface area contributed by atoms with E-state index in [4.69, 9.17) is 0 Å². The highest BCUT2D eigenvalue weighted by molar-refractivity contribution is 5.72. The Bertz CT molecular complexity index is 599. The number of halogens is 5. The lowest BCUT2D eigenvalue weighted by Gasteiger charge is -2.19. The van der Waals surface area contributed by atoms with E-state index >= 15 is 0 Å². The molecule has 3 nitrogen and oxygen atoms in total. The summed E-state index contributed by atoms with van der Waals surface area (Å²) in [5, 5.41) is 0. The quantitative estimate of drug-likeness (QED) is 0.742. The van der Waals surface area contributed by atoms with Crippen molar-refractivity contribution in [2.75, 3.05) is 0 Å². The molecule has 0 aliphatic heterocycles. The molecule has 0 unspecified atom stereocenters. The first-order chi connectivity index (χ1) is 8.14. The molecule has 2 rings (SSSR count). The van der Waals surface area contributed by atoms with Crippen LogP contribution in [0.4, 0.5) is 22.0 Å². The highest BCUT2D eigenvalue weighted by Gasteiger charge is 2.59. The maximum atomic E-state index is 13.1. The van der Waals surface area contributed by atoms with Gasteiger partial charge in [0.15, 0.2) is 5.65 Å². The summed E-state index contributed by atoms with van der Waals surface area (Å²) >= 11 is 0. The molecule has 0 spiro atoms. The number of imidazole rings is 1. The van der Waals surface area contributed by atoms with Gasteiger partial charge in [0.2, 0.25) is 0 Å². The summed E-state index contributed by atoms with van der Waals surface area (Å²) in [6.07, 6.45) is -5.12. The lowest BCUT2D eigenvalue weighted by molar-refractivity contribution is -0.289. The SMILES string of the molecule is Cc1nc2cc(C(F)(F)C(F)(F)F)cnc2n1C. The summed E-state index contributed by atoms with van der Waals surface area (Å²) < 4.78 is 64.3. The molecule has 0 radical (unpaired) electrons. The minimum absolute atomic E-state index is 0.0106. The van der Waals surface area contributed by atoms with E-state index in [1.807, 2.05) is 0 Å². The number of pyridine rings is 1. The molecule has 0 bridgehead atoms. The molecule has 8 heteroatoms. The molecule has 0 saturated heterocycles. The van der Waals surface area contributed by atoms with Crippen molar-refractivity contribution in [1.82, 2.24) is 14.5 Å². The minimum atomic E-state index is -5.65. The molecule has 0 fully saturated rings. The van der Waals surface area contributed by atoms with Crippen LogP contribution in [0.15, 0.2) is 12.3 Å². The van der Waals surface area contributed by atoms with Crippen molar-refractivity contribution in [2.45, 2.75) is 19.0 Å². The van der Waals surface area contributed by atoms with Crippen LogP contribution in [0.2, 0.25) is 0 Å². The monoisotopic (exact) mass is 265 g/mol. The number of hydrogen-bond donors (Lipinski definition) is 0. The Kier molecular flexibility index (Phi) is 2.56. The Morgan fingerprint density at radius 3 is 2.33 bits per heavy atom. The molecular formula is C10H8F5N3. The smallest absolute Gasteiger partial charge is 0.316 e. The van der Waals surface area contributed by atoms with Crippen molar-refractivity contribution >= 4 is 11.2 Å². The van der Waals surface area contributed by atoms with Gasteiger partial charge < -0.3 is 4.57 Å². The average Bonchev–Trinajstić information content (AvgIpc) is 2.53. The summed E-state index contributed by atoms with van der Waals surface area (Å²) in [7, 11) is 1.60. The zero-order valence-corrected chi connectivity index (χ0v) is 9.39. The van der Waals surface area contributed by atoms with Crippen LogP contribution in [-0.2, 0) is 13.0 Å². The summed E-state index contributed by atoms with van der Waals surface area (Å²) in [5.41, 5.74) is -0.939. The molecule has 2 aromatic rings. The van der Waals surface area contributed by atoms with Crippen LogP contribution in [0.25, 0.3) is 11.2 Å². The number of rotatable bonds is 1. The number of fused-ring (bicyclic) bond motifs is 1. The molecule has 2 aromatic heterocycles. The molecule has 18 heavy (non-hydrogen) atoms. The molecule has 0 atom stereocenters. The van der Waals surface area contributed by atoms with Crippen molar-refractivity contribution in [3.05, 3.63) is 23.7 Å². The Balaban J connectivity index is 2.61. The third-order valence-corrected chi connectivity index (χ3v) is 2.65. The van der Waals surface area contributed by atoms with Crippen molar-refractivity contribution < 1.29 is 22.0 Å². The molecule has 2 heterocycles. The van der Waals surface area contributed by atoms with E-state index in [9.17, 15) is 22.0 Å². The van der Waals surface area contributed by atoms with Crippen molar-refractivity contribution in [1.29, 1.82) is 0 Å². The number of hydrogen-bond acceptors (Lipinski definition) is 2. The first-order valence-corrected chi connectivity index (χ1v) is 4.88. The molecule has 0 amide bonds. The normalized spacial score (nSPS) is 13.3. The summed E-state index contributed by atoms with van der Waals surface area (Å²) in [5.74, 6) is -4.45. The van der Waals surface area contributed by atoms with E-state index in [1.165, 1.54) is 4.57 Å². The fraction of sp³-hybridized carbons (Fsp3) is 0.400. The van der Waals surface area contributed by atoms with Gasteiger partial charge in [-0.15, -0.1) is 0 Å². The second-order valence-electron chi connectivity index (χ2n) is 3.86. The van der Waals surface area contributed by atoms with Gasteiger partial charge in [-0.3, -0.25) is 0 Å².